The van der Waals surface area contributed by atoms with Gasteiger partial charge in [-0.2, -0.15) is 0 Å². The van der Waals surface area contributed by atoms with Gasteiger partial charge in [-0.15, -0.1) is 0 Å². The van der Waals surface area contributed by atoms with E-state index < -0.39 is 15.9 Å². The summed E-state index contributed by atoms with van der Waals surface area (Å²) in [5.74, 6) is -0.585. The van der Waals surface area contributed by atoms with Crippen molar-refractivity contribution in [3.05, 3.63) is 94.0 Å². The summed E-state index contributed by atoms with van der Waals surface area (Å²) in [5, 5.41) is 3.44. The van der Waals surface area contributed by atoms with Crippen molar-refractivity contribution in [2.24, 2.45) is 0 Å². The average molecular weight is 435 g/mol. The number of hydrogen-bond donors (Lipinski definition) is 2. The minimum Gasteiger partial charge on any atom is -0.321 e. The highest BCUT2D eigenvalue weighted by Gasteiger charge is 2.14. The quantitative estimate of drug-likeness (QED) is 0.560. The first kappa shape index (κ1) is 20.2. The van der Waals surface area contributed by atoms with E-state index in [4.69, 9.17) is 23.2 Å². The molecule has 0 aromatic heterocycles. The highest BCUT2D eigenvalue weighted by Crippen LogP contribution is 2.26. The van der Waals surface area contributed by atoms with Crippen LogP contribution in [0.1, 0.15) is 15.9 Å². The van der Waals surface area contributed by atoms with Crippen molar-refractivity contribution in [3.63, 3.8) is 0 Å². The first-order valence-electron chi connectivity index (χ1n) is 8.23. The number of anilines is 2. The molecule has 0 fully saturated rings. The first-order valence-corrected chi connectivity index (χ1v) is 10.6. The lowest BCUT2D eigenvalue weighted by Gasteiger charge is -2.11. The Balaban J connectivity index is 1.73. The molecule has 2 N–H and O–H groups in total. The summed E-state index contributed by atoms with van der Waals surface area (Å²) in [6.45, 7) is 0. The number of sulfonamides is 1. The Bertz CT molecular complexity index is 1100. The zero-order valence-corrected chi connectivity index (χ0v) is 16.9. The molecule has 0 atom stereocenters. The molecule has 3 aromatic rings. The maximum absolute atomic E-state index is 12.5. The standard InChI is InChI=1S/C20H16Cl2N2O3S/c21-16-9-10-19(18(22)12-16)23-20(25)15-7-4-8-17(11-15)24-28(26,27)13-14-5-2-1-3-6-14/h1-12,24H,13H2,(H,23,25). The van der Waals surface area contributed by atoms with E-state index in [0.29, 0.717) is 27.0 Å². The van der Waals surface area contributed by atoms with Crippen LogP contribution in [0.5, 0.6) is 0 Å². The summed E-state index contributed by atoms with van der Waals surface area (Å²) < 4.78 is 27.2. The Labute approximate surface area is 173 Å². The third kappa shape index (κ3) is 5.48. The van der Waals surface area contributed by atoms with E-state index in [0.717, 1.165) is 0 Å². The van der Waals surface area contributed by atoms with Gasteiger partial charge in [-0.3, -0.25) is 9.52 Å². The van der Waals surface area contributed by atoms with Crippen LogP contribution in [-0.4, -0.2) is 14.3 Å². The predicted molar refractivity (Wildman–Crippen MR) is 114 cm³/mol. The maximum atomic E-state index is 12.5. The summed E-state index contributed by atoms with van der Waals surface area (Å²) in [6, 6.07) is 19.8. The van der Waals surface area contributed by atoms with Crippen molar-refractivity contribution in [3.8, 4) is 0 Å². The number of nitrogens with one attached hydrogen (secondary N) is 2. The van der Waals surface area contributed by atoms with Crippen molar-refractivity contribution in [1.29, 1.82) is 0 Å². The molecule has 0 unspecified atom stereocenters. The summed E-state index contributed by atoms with van der Waals surface area (Å²) in [5.41, 5.74) is 1.66. The van der Waals surface area contributed by atoms with Crippen molar-refractivity contribution in [2.75, 3.05) is 10.0 Å². The van der Waals surface area contributed by atoms with Gasteiger partial charge in [0.25, 0.3) is 5.91 Å². The molecule has 144 valence electrons. The fraction of sp³-hybridized carbons (Fsp3) is 0.0500. The fourth-order valence-electron chi connectivity index (χ4n) is 2.52. The molecule has 1 amide bonds. The van der Waals surface area contributed by atoms with Crippen LogP contribution in [0.4, 0.5) is 11.4 Å². The highest BCUT2D eigenvalue weighted by molar-refractivity contribution is 7.91. The lowest BCUT2D eigenvalue weighted by molar-refractivity contribution is 0.102. The van der Waals surface area contributed by atoms with E-state index in [-0.39, 0.29) is 11.3 Å². The van der Waals surface area contributed by atoms with Gasteiger partial charge in [0.2, 0.25) is 10.0 Å². The molecule has 5 nitrogen and oxygen atoms in total. The molecular weight excluding hydrogens is 419 g/mol. The van der Waals surface area contributed by atoms with Gasteiger partial charge < -0.3 is 5.32 Å². The molecule has 0 aliphatic heterocycles. The van der Waals surface area contributed by atoms with E-state index in [1.807, 2.05) is 6.07 Å². The molecule has 0 heterocycles. The van der Waals surface area contributed by atoms with Crippen LogP contribution < -0.4 is 10.0 Å². The Morgan fingerprint density at radius 1 is 0.893 bits per heavy atom. The number of carbonyl (C=O) groups excluding carboxylic acids is 1. The van der Waals surface area contributed by atoms with Gasteiger partial charge in [0.05, 0.1) is 16.5 Å². The van der Waals surface area contributed by atoms with Crippen molar-refractivity contribution < 1.29 is 13.2 Å². The number of benzene rings is 3. The second kappa shape index (κ2) is 8.65. The largest absolute Gasteiger partial charge is 0.321 e. The number of hydrogen-bond acceptors (Lipinski definition) is 3. The third-order valence-corrected chi connectivity index (χ3v) is 5.58. The second-order valence-electron chi connectivity index (χ2n) is 6.01. The molecule has 28 heavy (non-hydrogen) atoms. The van der Waals surface area contributed by atoms with Crippen LogP contribution in [0.2, 0.25) is 10.0 Å². The second-order valence-corrected chi connectivity index (χ2v) is 8.57. The lowest BCUT2D eigenvalue weighted by atomic mass is 10.2. The average Bonchev–Trinajstić information content (AvgIpc) is 2.64. The zero-order chi connectivity index (χ0) is 20.1. The maximum Gasteiger partial charge on any atom is 0.255 e. The summed E-state index contributed by atoms with van der Waals surface area (Å²) in [4.78, 5) is 12.5. The SMILES string of the molecule is O=C(Nc1ccc(Cl)cc1Cl)c1cccc(NS(=O)(=O)Cc2ccccc2)c1. The molecular formula is C20H16Cl2N2O3S. The van der Waals surface area contributed by atoms with Gasteiger partial charge >= 0.3 is 0 Å². The van der Waals surface area contributed by atoms with E-state index in [2.05, 4.69) is 10.0 Å². The van der Waals surface area contributed by atoms with Gasteiger partial charge in [0.15, 0.2) is 0 Å². The molecule has 0 spiro atoms. The predicted octanol–water partition coefficient (Wildman–Crippen LogP) is 5.19. The summed E-state index contributed by atoms with van der Waals surface area (Å²) in [7, 11) is -3.62. The van der Waals surface area contributed by atoms with Crippen LogP contribution in [0.3, 0.4) is 0 Å². The van der Waals surface area contributed by atoms with Gasteiger partial charge in [-0.1, -0.05) is 59.6 Å². The molecule has 0 radical (unpaired) electrons. The molecule has 0 bridgehead atoms. The van der Waals surface area contributed by atoms with Crippen LogP contribution in [0.15, 0.2) is 72.8 Å². The van der Waals surface area contributed by atoms with Gasteiger partial charge in [0, 0.05) is 16.3 Å². The normalized spacial score (nSPS) is 11.1. The lowest BCUT2D eigenvalue weighted by Crippen LogP contribution is -2.16. The van der Waals surface area contributed by atoms with Crippen LogP contribution >= 0.6 is 23.2 Å². The van der Waals surface area contributed by atoms with E-state index in [1.165, 1.54) is 12.1 Å². The Morgan fingerprint density at radius 2 is 1.64 bits per heavy atom. The van der Waals surface area contributed by atoms with Gasteiger partial charge in [-0.25, -0.2) is 8.42 Å². The molecule has 3 rings (SSSR count). The number of carbonyl (C=O) groups is 1. The minimum absolute atomic E-state index is 0.162. The third-order valence-electron chi connectivity index (χ3n) is 3.78. The van der Waals surface area contributed by atoms with Crippen molar-refractivity contribution in [2.45, 2.75) is 5.75 Å². The molecule has 3 aromatic carbocycles. The Kier molecular flexibility index (Phi) is 6.24. The van der Waals surface area contributed by atoms with Crippen LogP contribution in [0, 0.1) is 0 Å². The zero-order valence-electron chi connectivity index (χ0n) is 14.5. The van der Waals surface area contributed by atoms with Crippen LogP contribution in [-0.2, 0) is 15.8 Å². The summed E-state index contributed by atoms with van der Waals surface area (Å²) in [6.07, 6.45) is 0. The number of halogens is 2. The number of rotatable bonds is 6. The Hall–Kier alpha value is -2.54. The smallest absolute Gasteiger partial charge is 0.255 e. The number of amides is 1. The monoisotopic (exact) mass is 434 g/mol. The fourth-order valence-corrected chi connectivity index (χ4v) is 4.16. The van der Waals surface area contributed by atoms with Crippen LogP contribution in [0.25, 0.3) is 0 Å². The molecule has 0 aliphatic carbocycles. The van der Waals surface area contributed by atoms with E-state index >= 15 is 0 Å². The molecule has 0 saturated heterocycles. The van der Waals surface area contributed by atoms with Gasteiger partial charge in [-0.05, 0) is 42.0 Å². The molecule has 0 aliphatic rings. The first-order chi connectivity index (χ1) is 13.3. The van der Waals surface area contributed by atoms with E-state index in [1.54, 1.807) is 54.6 Å². The minimum atomic E-state index is -3.62. The van der Waals surface area contributed by atoms with Gasteiger partial charge in [0.1, 0.15) is 0 Å². The Morgan fingerprint density at radius 3 is 2.36 bits per heavy atom. The summed E-state index contributed by atoms with van der Waals surface area (Å²) >= 11 is 11.9. The molecule has 0 saturated carbocycles. The topological polar surface area (TPSA) is 75.3 Å². The molecule has 8 heteroatoms. The highest BCUT2D eigenvalue weighted by atomic mass is 35.5. The van der Waals surface area contributed by atoms with Crippen molar-refractivity contribution in [1.82, 2.24) is 0 Å². The van der Waals surface area contributed by atoms with Crippen molar-refractivity contribution >= 4 is 50.5 Å². The van der Waals surface area contributed by atoms with E-state index in [9.17, 15) is 13.2 Å².